The number of benzene rings is 2. The lowest BCUT2D eigenvalue weighted by Crippen LogP contribution is -2.43. The van der Waals surface area contributed by atoms with Crippen LogP contribution >= 0.6 is 11.6 Å². The van der Waals surface area contributed by atoms with Crippen LogP contribution in [-0.4, -0.2) is 45.3 Å². The maximum absolute atomic E-state index is 14.7. The molecule has 0 aliphatic rings. The zero-order valence-electron chi connectivity index (χ0n) is 20.6. The molecule has 38 heavy (non-hydrogen) atoms. The molecule has 2 aromatic carbocycles. The first kappa shape index (κ1) is 27.2. The summed E-state index contributed by atoms with van der Waals surface area (Å²) in [5, 5.41) is 16.2. The number of aliphatic hydroxyl groups excluding tert-OH is 1. The second kappa shape index (κ2) is 10.5. The number of nitrogens with one attached hydrogen (secondary N) is 2. The van der Waals surface area contributed by atoms with Crippen LogP contribution in [0.2, 0.25) is 5.02 Å². The molecule has 0 aliphatic heterocycles. The highest BCUT2D eigenvalue weighted by Gasteiger charge is 2.41. The summed E-state index contributed by atoms with van der Waals surface area (Å²) < 4.78 is 49.1. The van der Waals surface area contributed by atoms with Crippen molar-refractivity contribution in [3.63, 3.8) is 0 Å². The van der Waals surface area contributed by atoms with Crippen molar-refractivity contribution >= 4 is 23.0 Å². The Labute approximate surface area is 220 Å². The van der Waals surface area contributed by atoms with E-state index in [-0.39, 0.29) is 28.4 Å². The minimum absolute atomic E-state index is 0.0521. The number of nitrogens with zero attached hydrogens (tertiary/aromatic N) is 2. The maximum Gasteiger partial charge on any atom is 0.294 e. The molecule has 4 aromatic rings. The number of methoxy groups -OCH3 is 1. The Morgan fingerprint density at radius 3 is 2.50 bits per heavy atom. The average Bonchev–Trinajstić information content (AvgIpc) is 3.28. The van der Waals surface area contributed by atoms with Crippen LogP contribution in [0.3, 0.4) is 0 Å². The SMILES string of the molecule is COc1ccc(-c2nn3cc(C(=O)NC(c4ccc(F)cc4)C(F)(F)CO)c(C(C)C)c3c(=O)[nH]2)cc1Cl. The molecule has 0 bridgehead atoms. The second-order valence-electron chi connectivity index (χ2n) is 8.93. The van der Waals surface area contributed by atoms with E-state index in [2.05, 4.69) is 15.4 Å². The number of hydrogen-bond acceptors (Lipinski definition) is 5. The third-order valence-corrected chi connectivity index (χ3v) is 6.34. The molecule has 0 aliphatic carbocycles. The van der Waals surface area contributed by atoms with E-state index >= 15 is 0 Å². The van der Waals surface area contributed by atoms with E-state index in [9.17, 15) is 27.9 Å². The maximum atomic E-state index is 14.7. The van der Waals surface area contributed by atoms with E-state index < -0.39 is 35.9 Å². The van der Waals surface area contributed by atoms with Crippen molar-refractivity contribution in [2.24, 2.45) is 0 Å². The topological polar surface area (TPSA) is 109 Å². The van der Waals surface area contributed by atoms with Crippen molar-refractivity contribution in [3.05, 3.63) is 86.5 Å². The molecule has 1 unspecified atom stereocenters. The zero-order chi connectivity index (χ0) is 27.8. The molecule has 2 aromatic heterocycles. The van der Waals surface area contributed by atoms with Crippen LogP contribution in [0.4, 0.5) is 13.2 Å². The van der Waals surface area contributed by atoms with E-state index in [4.69, 9.17) is 16.3 Å². The third kappa shape index (κ3) is 5.11. The van der Waals surface area contributed by atoms with Crippen LogP contribution in [-0.2, 0) is 0 Å². The number of fused-ring (bicyclic) bond motifs is 1. The molecule has 1 atom stereocenters. The highest BCUT2D eigenvalue weighted by Crippen LogP contribution is 2.33. The summed E-state index contributed by atoms with van der Waals surface area (Å²) in [5.41, 5.74) is 0.119. The van der Waals surface area contributed by atoms with E-state index in [0.717, 1.165) is 24.3 Å². The molecule has 0 fully saturated rings. The van der Waals surface area contributed by atoms with Gasteiger partial charge in [-0.3, -0.25) is 9.59 Å². The Bertz CT molecular complexity index is 1550. The first-order chi connectivity index (χ1) is 18.0. The number of rotatable bonds is 8. The Hall–Kier alpha value is -3.83. The van der Waals surface area contributed by atoms with Crippen LogP contribution in [0, 0.1) is 5.82 Å². The second-order valence-corrected chi connectivity index (χ2v) is 9.34. The van der Waals surface area contributed by atoms with E-state index in [1.807, 2.05) is 0 Å². The van der Waals surface area contributed by atoms with Gasteiger partial charge in [0.1, 0.15) is 29.7 Å². The Morgan fingerprint density at radius 1 is 1.24 bits per heavy atom. The largest absolute Gasteiger partial charge is 0.495 e. The van der Waals surface area contributed by atoms with Gasteiger partial charge in [-0.15, -0.1) is 5.10 Å². The monoisotopic (exact) mass is 548 g/mol. The van der Waals surface area contributed by atoms with Gasteiger partial charge in [0.05, 0.1) is 17.7 Å². The van der Waals surface area contributed by atoms with E-state index in [1.54, 1.807) is 32.0 Å². The fourth-order valence-corrected chi connectivity index (χ4v) is 4.47. The fraction of sp³-hybridized carbons (Fsp3) is 0.269. The van der Waals surface area contributed by atoms with Gasteiger partial charge in [-0.05, 0) is 41.8 Å². The van der Waals surface area contributed by atoms with Gasteiger partial charge < -0.3 is 20.1 Å². The normalized spacial score (nSPS) is 12.7. The molecule has 12 heteroatoms. The fourth-order valence-electron chi connectivity index (χ4n) is 4.21. The molecule has 0 radical (unpaired) electrons. The average molecular weight is 549 g/mol. The Morgan fingerprint density at radius 2 is 1.92 bits per heavy atom. The number of carbonyl (C=O) groups is 1. The zero-order valence-corrected chi connectivity index (χ0v) is 21.3. The lowest BCUT2D eigenvalue weighted by atomic mass is 9.97. The number of ether oxygens (including phenoxy) is 1. The van der Waals surface area contributed by atoms with Gasteiger partial charge >= 0.3 is 0 Å². The molecule has 0 saturated carbocycles. The van der Waals surface area contributed by atoms with Gasteiger partial charge in [0.2, 0.25) is 0 Å². The molecule has 3 N–H and O–H groups in total. The van der Waals surface area contributed by atoms with Gasteiger partial charge in [-0.2, -0.15) is 0 Å². The number of amides is 1. The summed E-state index contributed by atoms with van der Waals surface area (Å²) in [6.45, 7) is 1.92. The Balaban J connectivity index is 1.80. The third-order valence-electron chi connectivity index (χ3n) is 6.04. The van der Waals surface area contributed by atoms with Crippen LogP contribution in [0.5, 0.6) is 5.75 Å². The minimum Gasteiger partial charge on any atom is -0.495 e. The molecule has 0 spiro atoms. The first-order valence-electron chi connectivity index (χ1n) is 11.5. The number of H-pyrrole nitrogens is 1. The van der Waals surface area contributed by atoms with Crippen molar-refractivity contribution in [2.45, 2.75) is 31.7 Å². The quantitative estimate of drug-likeness (QED) is 0.295. The molecular formula is C26H24ClF3N4O4. The number of halogens is 4. The number of aromatic amines is 1. The molecule has 4 rings (SSSR count). The minimum atomic E-state index is -3.76. The number of hydrogen-bond donors (Lipinski definition) is 3. The molecule has 1 amide bonds. The predicted octanol–water partition coefficient (Wildman–Crippen LogP) is 4.71. The number of aromatic nitrogens is 3. The van der Waals surface area contributed by atoms with Crippen LogP contribution in [0.15, 0.2) is 53.5 Å². The van der Waals surface area contributed by atoms with Crippen molar-refractivity contribution < 1.29 is 27.8 Å². The van der Waals surface area contributed by atoms with Crippen molar-refractivity contribution in [2.75, 3.05) is 13.7 Å². The van der Waals surface area contributed by atoms with Crippen molar-refractivity contribution in [3.8, 4) is 17.1 Å². The first-order valence-corrected chi connectivity index (χ1v) is 11.9. The number of aliphatic hydroxyl groups is 1. The highest BCUT2D eigenvalue weighted by atomic mass is 35.5. The summed E-state index contributed by atoms with van der Waals surface area (Å²) in [6, 6.07) is 6.98. The van der Waals surface area contributed by atoms with Gasteiger partial charge in [0, 0.05) is 17.3 Å². The lowest BCUT2D eigenvalue weighted by Gasteiger charge is -2.27. The predicted molar refractivity (Wildman–Crippen MR) is 136 cm³/mol. The summed E-state index contributed by atoms with van der Waals surface area (Å²) in [6.07, 6.45) is 1.28. The van der Waals surface area contributed by atoms with Crippen LogP contribution in [0.25, 0.3) is 16.9 Å². The molecule has 200 valence electrons. The molecule has 8 nitrogen and oxygen atoms in total. The highest BCUT2D eigenvalue weighted by molar-refractivity contribution is 6.32. The van der Waals surface area contributed by atoms with E-state index in [0.29, 0.717) is 21.9 Å². The van der Waals surface area contributed by atoms with Crippen molar-refractivity contribution in [1.29, 1.82) is 0 Å². The van der Waals surface area contributed by atoms with Gasteiger partial charge in [-0.25, -0.2) is 17.7 Å². The van der Waals surface area contributed by atoms with Crippen LogP contribution < -0.4 is 15.6 Å². The van der Waals surface area contributed by atoms with Gasteiger partial charge in [0.15, 0.2) is 5.82 Å². The molecular weight excluding hydrogens is 525 g/mol. The van der Waals surface area contributed by atoms with Gasteiger partial charge in [0.25, 0.3) is 17.4 Å². The summed E-state index contributed by atoms with van der Waals surface area (Å²) in [5.74, 6) is -5.12. The van der Waals surface area contributed by atoms with E-state index in [1.165, 1.54) is 17.8 Å². The summed E-state index contributed by atoms with van der Waals surface area (Å²) >= 11 is 6.20. The summed E-state index contributed by atoms with van der Waals surface area (Å²) in [7, 11) is 1.46. The molecule has 2 heterocycles. The van der Waals surface area contributed by atoms with Crippen molar-refractivity contribution in [1.82, 2.24) is 19.9 Å². The lowest BCUT2D eigenvalue weighted by molar-refractivity contribution is -0.0785. The summed E-state index contributed by atoms with van der Waals surface area (Å²) in [4.78, 5) is 29.2. The van der Waals surface area contributed by atoms with Crippen LogP contribution in [0.1, 0.15) is 47.3 Å². The Kier molecular flexibility index (Phi) is 7.52. The number of alkyl halides is 2. The standard InChI is InChI=1S/C26H24ClF3N4O4/c1-13(2)20-17(24(36)31-22(26(29,30)12-35)14-4-7-16(28)8-5-14)11-34-21(20)25(37)32-23(33-34)15-6-9-19(38-3)18(27)10-15/h4-11,13,22,35H,12H2,1-3H3,(H,31,36)(H,32,33,37). The number of carbonyl (C=O) groups excluding carboxylic acids is 1. The van der Waals surface area contributed by atoms with Gasteiger partial charge in [-0.1, -0.05) is 37.6 Å². The molecule has 0 saturated heterocycles. The smallest absolute Gasteiger partial charge is 0.294 e.